The van der Waals surface area contributed by atoms with Gasteiger partial charge in [-0.25, -0.2) is 0 Å². The van der Waals surface area contributed by atoms with Gasteiger partial charge in [0.15, 0.2) is 0 Å². The molecule has 144 valence electrons. The third-order valence-electron chi connectivity index (χ3n) is 1.18. The Morgan fingerprint density at radius 2 is 0.826 bits per heavy atom. The van der Waals surface area contributed by atoms with Crippen LogP contribution in [0.1, 0.15) is 0 Å². The van der Waals surface area contributed by atoms with Crippen molar-refractivity contribution in [2.24, 2.45) is 0 Å². The number of rotatable bonds is 4. The maximum absolute atomic E-state index is 11.0. The predicted octanol–water partition coefficient (Wildman–Crippen LogP) is -8.13. The van der Waals surface area contributed by atoms with E-state index in [0.717, 1.165) is 0 Å². The molecule has 23 heteroatoms. The van der Waals surface area contributed by atoms with Crippen molar-refractivity contribution in [3.05, 3.63) is 0 Å². The summed E-state index contributed by atoms with van der Waals surface area (Å²) in [7, 11) is -13.0. The predicted molar refractivity (Wildman–Crippen MR) is 66.5 cm³/mol. The van der Waals surface area contributed by atoms with E-state index in [9.17, 15) is 25.3 Å². The van der Waals surface area contributed by atoms with Gasteiger partial charge in [0, 0.05) is 0 Å². The Bertz CT molecular complexity index is 535. The fraction of sp³-hybridized carbons (Fsp3) is 0. The average molecular weight is 536 g/mol. The van der Waals surface area contributed by atoms with Crippen LogP contribution in [0.2, 0.25) is 0 Å². The van der Waals surface area contributed by atoms with E-state index in [0.29, 0.717) is 0 Å². The molecule has 23 heavy (non-hydrogen) atoms. The van der Waals surface area contributed by atoms with E-state index in [1.165, 1.54) is 0 Å². The Kier molecular flexibility index (Phi) is 17.1. The van der Waals surface area contributed by atoms with Crippen molar-refractivity contribution < 1.29 is 76.0 Å². The van der Waals surface area contributed by atoms with Crippen LogP contribution in [0.4, 0.5) is 0 Å². The normalized spacial score (nSPS) is 19.3. The molecule has 0 aromatic carbocycles. The van der Waals surface area contributed by atoms with E-state index >= 15 is 0 Å². The number of hydrogen-bond donors (Lipinski definition) is 0. The molecule has 0 amide bonds. The maximum atomic E-state index is 11.0. The Morgan fingerprint density at radius 1 is 0.609 bits per heavy atom. The van der Waals surface area contributed by atoms with Crippen LogP contribution >= 0.6 is 0 Å². The van der Waals surface area contributed by atoms with Gasteiger partial charge in [-0.3, -0.25) is 0 Å². The standard InChI is InChI=1S/2Ga.3H2O4S.6H2O/c;;3*1-5(2,3)4;;;;;;/h;;3*(H2,1,2,3,4);6*1H2/q2*+3;;;;;;;;;/p-6. The van der Waals surface area contributed by atoms with E-state index in [1.807, 2.05) is 0 Å². The minimum absolute atomic E-state index is 0. The number of hydrogen-bond acceptors (Lipinski definition) is 12. The summed E-state index contributed by atoms with van der Waals surface area (Å²) in [6, 6.07) is 0. The van der Waals surface area contributed by atoms with Crippen LogP contribution in [0, 0.1) is 0 Å². The first-order chi connectivity index (χ1) is 7.57. The molecule has 2 heterocycles. The first-order valence-electron chi connectivity index (χ1n) is 3.41. The molecule has 2 aliphatic heterocycles. The van der Waals surface area contributed by atoms with Crippen LogP contribution in [-0.4, -0.2) is 92.7 Å². The first kappa shape index (κ1) is 34.9. The molecule has 0 unspecified atom stereocenters. The van der Waals surface area contributed by atoms with E-state index in [1.54, 1.807) is 0 Å². The minimum atomic E-state index is -4.66. The molecular weight excluding hydrogens is 524 g/mol. The average Bonchev–Trinajstić information content (AvgIpc) is 1.94. The second kappa shape index (κ2) is 11.3. The summed E-state index contributed by atoms with van der Waals surface area (Å²) in [4.78, 5) is 0. The van der Waals surface area contributed by atoms with Crippen LogP contribution in [0.3, 0.4) is 0 Å². The van der Waals surface area contributed by atoms with Crippen molar-refractivity contribution in [2.45, 2.75) is 0 Å². The van der Waals surface area contributed by atoms with Gasteiger partial charge >= 0.3 is 109 Å². The molecular formula is H12Ga2O18S3. The van der Waals surface area contributed by atoms with Crippen molar-refractivity contribution in [2.75, 3.05) is 0 Å². The van der Waals surface area contributed by atoms with Gasteiger partial charge in [0.2, 0.25) is 0 Å². The fourth-order valence-corrected chi connectivity index (χ4v) is 14.1. The van der Waals surface area contributed by atoms with Crippen LogP contribution < -0.4 is 0 Å². The van der Waals surface area contributed by atoms with Crippen LogP contribution in [0.25, 0.3) is 0 Å². The molecule has 0 aliphatic carbocycles. The van der Waals surface area contributed by atoms with Crippen molar-refractivity contribution in [1.82, 2.24) is 0 Å². The molecule has 0 atom stereocenters. The quantitative estimate of drug-likeness (QED) is 0.303. The van der Waals surface area contributed by atoms with Crippen LogP contribution in [-0.2, 0) is 49.0 Å². The van der Waals surface area contributed by atoms with Crippen molar-refractivity contribution in [3.8, 4) is 0 Å². The molecule has 0 bridgehead atoms. The molecule has 0 aromatic heterocycles. The summed E-state index contributed by atoms with van der Waals surface area (Å²) in [6.45, 7) is 0. The van der Waals surface area contributed by atoms with E-state index < -0.39 is 65.8 Å². The van der Waals surface area contributed by atoms with E-state index in [4.69, 9.17) is 0 Å². The molecule has 2 aliphatic rings. The summed E-state index contributed by atoms with van der Waals surface area (Å²) in [5.41, 5.74) is 0. The summed E-state index contributed by atoms with van der Waals surface area (Å²) < 4.78 is 87.5. The summed E-state index contributed by atoms with van der Waals surface area (Å²) in [5, 5.41) is 0. The molecule has 0 saturated carbocycles. The monoisotopic (exact) mass is 534 g/mol. The molecule has 2 saturated heterocycles. The van der Waals surface area contributed by atoms with Crippen molar-refractivity contribution in [3.63, 3.8) is 0 Å². The second-order valence-electron chi connectivity index (χ2n) is 2.38. The Morgan fingerprint density at radius 3 is 1.00 bits per heavy atom. The molecule has 0 aromatic rings. The second-order valence-corrected chi connectivity index (χ2v) is 15.7. The summed E-state index contributed by atoms with van der Waals surface area (Å²) >= 11 is -7.67. The van der Waals surface area contributed by atoms with Gasteiger partial charge in [-0.15, -0.1) is 0 Å². The molecule has 2 rings (SSSR count). The van der Waals surface area contributed by atoms with Gasteiger partial charge < -0.3 is 32.9 Å². The first-order valence-corrected chi connectivity index (χ1v) is 13.3. The molecule has 0 spiro atoms. The third-order valence-corrected chi connectivity index (χ3v) is 18.4. The van der Waals surface area contributed by atoms with Gasteiger partial charge in [-0.1, -0.05) is 0 Å². The zero-order chi connectivity index (χ0) is 12.9. The summed E-state index contributed by atoms with van der Waals surface area (Å²) in [6.07, 6.45) is 0. The fourth-order valence-electron chi connectivity index (χ4n) is 0.679. The van der Waals surface area contributed by atoms with E-state index in [2.05, 4.69) is 17.9 Å². The van der Waals surface area contributed by atoms with Gasteiger partial charge in [-0.2, -0.15) is 0 Å². The third kappa shape index (κ3) is 10.3. The SMILES string of the molecule is O.O.O.O.O.O.O=S1(=O)[O][Ga]([O]S(=O)(=O)[O][Ga]2[O]S(=O)(=O)[O]2)[O]1. The Hall–Kier alpha value is 0.643. The Balaban J connectivity index is -0.000000180. The molecule has 12 N–H and O–H groups in total. The molecule has 18 nitrogen and oxygen atoms in total. The van der Waals surface area contributed by atoms with Crippen LogP contribution in [0.5, 0.6) is 0 Å². The van der Waals surface area contributed by atoms with Crippen molar-refractivity contribution in [1.29, 1.82) is 0 Å². The van der Waals surface area contributed by atoms with E-state index in [-0.39, 0.29) is 32.9 Å². The van der Waals surface area contributed by atoms with Crippen LogP contribution in [0.15, 0.2) is 0 Å². The topological polar surface area (TPSA) is 347 Å². The van der Waals surface area contributed by atoms with Gasteiger partial charge in [-0.05, 0) is 0 Å². The van der Waals surface area contributed by atoms with Gasteiger partial charge in [0.05, 0.1) is 0 Å². The summed E-state index contributed by atoms with van der Waals surface area (Å²) in [5.74, 6) is 0. The molecule has 2 fully saturated rings. The Labute approximate surface area is 141 Å². The molecule has 0 radical (unpaired) electrons. The van der Waals surface area contributed by atoms with Gasteiger partial charge in [0.1, 0.15) is 0 Å². The zero-order valence-corrected chi connectivity index (χ0v) is 17.6. The van der Waals surface area contributed by atoms with Crippen molar-refractivity contribution >= 4 is 65.8 Å². The zero-order valence-electron chi connectivity index (χ0n) is 10.3. The van der Waals surface area contributed by atoms with Gasteiger partial charge in [0.25, 0.3) is 0 Å².